The van der Waals surface area contributed by atoms with Crippen LogP contribution in [0.3, 0.4) is 0 Å². The lowest BCUT2D eigenvalue weighted by molar-refractivity contribution is -0.0529. The highest BCUT2D eigenvalue weighted by molar-refractivity contribution is 7.91. The zero-order chi connectivity index (χ0) is 18.8. The van der Waals surface area contributed by atoms with Crippen molar-refractivity contribution in [2.24, 2.45) is 5.92 Å². The molecular formula is C16H23F3N2O3S. The predicted molar refractivity (Wildman–Crippen MR) is 87.0 cm³/mol. The number of alkyl halides is 3. The third-order valence-electron chi connectivity index (χ3n) is 4.40. The molecule has 1 fully saturated rings. The van der Waals surface area contributed by atoms with Gasteiger partial charge in [0.25, 0.3) is 0 Å². The molecule has 0 bridgehead atoms. The molecule has 0 radical (unpaired) electrons. The second-order valence-corrected chi connectivity index (χ2v) is 9.11. The van der Waals surface area contributed by atoms with Crippen molar-refractivity contribution in [3.8, 4) is 5.88 Å². The van der Waals surface area contributed by atoms with Gasteiger partial charge in [-0.2, -0.15) is 8.78 Å². The SMILES string of the molecule is CC(C)(C)N1CCC(C(F)S(=O)(=O)c2ccc(OC(F)F)nc2)CC1. The molecule has 0 saturated carbocycles. The molecule has 1 aliphatic rings. The van der Waals surface area contributed by atoms with Crippen molar-refractivity contribution in [3.05, 3.63) is 18.3 Å². The standard InChI is InChI=1S/C16H23F3N2O3S/c1-16(2,3)21-8-6-11(7-9-21)14(17)25(22,23)12-4-5-13(20-10-12)24-15(18)19/h4-5,10-11,14-15H,6-9H2,1-3H3. The van der Waals surface area contributed by atoms with Gasteiger partial charge in [-0.15, -0.1) is 0 Å². The van der Waals surface area contributed by atoms with Gasteiger partial charge in [0.15, 0.2) is 0 Å². The summed E-state index contributed by atoms with van der Waals surface area (Å²) in [5, 5.41) is 0. The molecule has 9 heteroatoms. The fourth-order valence-electron chi connectivity index (χ4n) is 2.91. The van der Waals surface area contributed by atoms with Crippen LogP contribution in [-0.4, -0.2) is 49.0 Å². The molecular weight excluding hydrogens is 357 g/mol. The van der Waals surface area contributed by atoms with E-state index in [0.29, 0.717) is 25.9 Å². The van der Waals surface area contributed by atoms with Gasteiger partial charge in [-0.05, 0) is 52.8 Å². The van der Waals surface area contributed by atoms with Crippen LogP contribution >= 0.6 is 0 Å². The number of sulfone groups is 1. The van der Waals surface area contributed by atoms with E-state index in [0.717, 1.165) is 18.3 Å². The first kappa shape index (κ1) is 20.0. The van der Waals surface area contributed by atoms with Gasteiger partial charge in [0.05, 0.1) is 4.90 Å². The van der Waals surface area contributed by atoms with E-state index in [-0.39, 0.29) is 10.4 Å². The molecule has 5 nitrogen and oxygen atoms in total. The van der Waals surface area contributed by atoms with E-state index in [9.17, 15) is 21.6 Å². The number of ether oxygens (including phenoxy) is 1. The monoisotopic (exact) mass is 380 g/mol. The van der Waals surface area contributed by atoms with E-state index in [1.165, 1.54) is 0 Å². The lowest BCUT2D eigenvalue weighted by atomic mass is 9.94. The van der Waals surface area contributed by atoms with Crippen LogP contribution in [0.4, 0.5) is 13.2 Å². The van der Waals surface area contributed by atoms with E-state index in [2.05, 4.69) is 35.4 Å². The zero-order valence-corrected chi connectivity index (χ0v) is 15.3. The summed E-state index contributed by atoms with van der Waals surface area (Å²) in [6.07, 6.45) is 1.74. The number of rotatable bonds is 5. The third kappa shape index (κ3) is 4.84. The highest BCUT2D eigenvalue weighted by Crippen LogP contribution is 2.32. The predicted octanol–water partition coefficient (Wildman–Crippen LogP) is 3.26. The Hall–Kier alpha value is -1.35. The minimum absolute atomic E-state index is 0.0416. The van der Waals surface area contributed by atoms with Crippen LogP contribution in [0.5, 0.6) is 5.88 Å². The summed E-state index contributed by atoms with van der Waals surface area (Å²) < 4.78 is 67.8. The van der Waals surface area contributed by atoms with Crippen molar-refractivity contribution in [2.45, 2.75) is 56.2 Å². The molecule has 0 aliphatic carbocycles. The van der Waals surface area contributed by atoms with E-state index in [4.69, 9.17) is 0 Å². The molecule has 25 heavy (non-hydrogen) atoms. The number of aromatic nitrogens is 1. The summed E-state index contributed by atoms with van der Waals surface area (Å²) in [5.74, 6) is -1.01. The Bertz CT molecular complexity index is 667. The number of nitrogens with zero attached hydrogens (tertiary/aromatic N) is 2. The number of piperidine rings is 1. The molecule has 1 unspecified atom stereocenters. The molecule has 142 valence electrons. The van der Waals surface area contributed by atoms with Gasteiger partial charge in [-0.25, -0.2) is 17.8 Å². The van der Waals surface area contributed by atoms with Crippen molar-refractivity contribution in [3.63, 3.8) is 0 Å². The van der Waals surface area contributed by atoms with Gasteiger partial charge in [-0.3, -0.25) is 4.90 Å². The third-order valence-corrected chi connectivity index (χ3v) is 6.28. The summed E-state index contributed by atoms with van der Waals surface area (Å²) in [7, 11) is -4.23. The molecule has 1 atom stereocenters. The lowest BCUT2D eigenvalue weighted by Crippen LogP contribution is -2.47. The maximum absolute atomic E-state index is 14.7. The van der Waals surface area contributed by atoms with Crippen LogP contribution < -0.4 is 4.74 Å². The summed E-state index contributed by atoms with van der Waals surface area (Å²) >= 11 is 0. The Morgan fingerprint density at radius 2 is 1.80 bits per heavy atom. The number of pyridine rings is 1. The van der Waals surface area contributed by atoms with E-state index in [1.54, 1.807) is 0 Å². The van der Waals surface area contributed by atoms with E-state index >= 15 is 0 Å². The highest BCUT2D eigenvalue weighted by atomic mass is 32.2. The molecule has 1 aromatic heterocycles. The van der Waals surface area contributed by atoms with Crippen LogP contribution in [0.1, 0.15) is 33.6 Å². The topological polar surface area (TPSA) is 59.5 Å². The molecule has 0 aromatic carbocycles. The van der Waals surface area contributed by atoms with Crippen LogP contribution in [0.2, 0.25) is 0 Å². The van der Waals surface area contributed by atoms with E-state index in [1.807, 2.05) is 0 Å². The molecule has 0 spiro atoms. The van der Waals surface area contributed by atoms with Gasteiger partial charge in [-0.1, -0.05) is 0 Å². The fraction of sp³-hybridized carbons (Fsp3) is 0.688. The van der Waals surface area contributed by atoms with Gasteiger partial charge in [0.2, 0.25) is 21.2 Å². The highest BCUT2D eigenvalue weighted by Gasteiger charge is 2.38. The van der Waals surface area contributed by atoms with Crippen molar-refractivity contribution in [2.75, 3.05) is 13.1 Å². The first-order valence-corrected chi connectivity index (χ1v) is 9.60. The summed E-state index contributed by atoms with van der Waals surface area (Å²) in [5.41, 5.74) is -2.08. The number of halogens is 3. The molecule has 1 aromatic rings. The molecule has 1 saturated heterocycles. The maximum Gasteiger partial charge on any atom is 0.388 e. The smallest absolute Gasteiger partial charge is 0.388 e. The maximum atomic E-state index is 14.7. The largest absolute Gasteiger partial charge is 0.417 e. The van der Waals surface area contributed by atoms with Crippen LogP contribution in [0, 0.1) is 5.92 Å². The normalized spacial score (nSPS) is 19.2. The van der Waals surface area contributed by atoms with Gasteiger partial charge in [0.1, 0.15) is 0 Å². The molecule has 0 N–H and O–H groups in total. The average Bonchev–Trinajstić information content (AvgIpc) is 2.53. The molecule has 1 aliphatic heterocycles. The first-order valence-electron chi connectivity index (χ1n) is 8.05. The Balaban J connectivity index is 2.06. The summed E-state index contributed by atoms with van der Waals surface area (Å²) in [4.78, 5) is 5.36. The first-order chi connectivity index (χ1) is 11.5. The van der Waals surface area contributed by atoms with Crippen LogP contribution in [0.25, 0.3) is 0 Å². The minimum atomic E-state index is -4.23. The van der Waals surface area contributed by atoms with Crippen molar-refractivity contribution < 1.29 is 26.3 Å². The van der Waals surface area contributed by atoms with Gasteiger partial charge >= 0.3 is 6.61 Å². The number of hydrogen-bond acceptors (Lipinski definition) is 5. The number of likely N-dealkylation sites (tertiary alicyclic amines) is 1. The average molecular weight is 380 g/mol. The lowest BCUT2D eigenvalue weighted by Gasteiger charge is -2.41. The molecule has 0 amide bonds. The Labute approximate surface area is 146 Å². The Kier molecular flexibility index (Phi) is 5.98. The second kappa shape index (κ2) is 7.49. The zero-order valence-electron chi connectivity index (χ0n) is 14.5. The van der Waals surface area contributed by atoms with Crippen molar-refractivity contribution >= 4 is 9.84 Å². The van der Waals surface area contributed by atoms with E-state index < -0.39 is 33.8 Å². The van der Waals surface area contributed by atoms with Crippen molar-refractivity contribution in [1.29, 1.82) is 0 Å². The molecule has 2 heterocycles. The van der Waals surface area contributed by atoms with Gasteiger partial charge < -0.3 is 4.74 Å². The van der Waals surface area contributed by atoms with Crippen LogP contribution in [-0.2, 0) is 9.84 Å². The Morgan fingerprint density at radius 3 is 2.24 bits per heavy atom. The molecule has 2 rings (SSSR count). The number of hydrogen-bond donors (Lipinski definition) is 0. The second-order valence-electron chi connectivity index (χ2n) is 7.10. The summed E-state index contributed by atoms with van der Waals surface area (Å²) in [6, 6.07) is 2.03. The Morgan fingerprint density at radius 1 is 1.20 bits per heavy atom. The van der Waals surface area contributed by atoms with Crippen molar-refractivity contribution in [1.82, 2.24) is 9.88 Å². The fourth-order valence-corrected chi connectivity index (χ4v) is 4.41. The quantitative estimate of drug-likeness (QED) is 0.785. The minimum Gasteiger partial charge on any atom is -0.417 e. The van der Waals surface area contributed by atoms with Gasteiger partial charge in [0, 0.05) is 23.7 Å². The van der Waals surface area contributed by atoms with Crippen LogP contribution in [0.15, 0.2) is 23.2 Å². The summed E-state index contributed by atoms with van der Waals surface area (Å²) in [6.45, 7) is 4.38.